The van der Waals surface area contributed by atoms with Crippen LogP contribution >= 0.6 is 11.6 Å². The first-order valence-corrected chi connectivity index (χ1v) is 3.62. The highest BCUT2D eigenvalue weighted by atomic mass is 35.5. The van der Waals surface area contributed by atoms with Crippen molar-refractivity contribution in [2.75, 3.05) is 7.11 Å². The second-order valence-corrected chi connectivity index (χ2v) is 2.56. The maximum absolute atomic E-state index is 12.7. The summed E-state index contributed by atoms with van der Waals surface area (Å²) in [5.41, 5.74) is -0.230. The van der Waals surface area contributed by atoms with Gasteiger partial charge in [0.05, 0.1) is 7.11 Å². The van der Waals surface area contributed by atoms with E-state index in [2.05, 4.69) is 4.74 Å². The zero-order valence-electron chi connectivity index (χ0n) is 6.62. The Kier molecular flexibility index (Phi) is 2.67. The van der Waals surface area contributed by atoms with Gasteiger partial charge in [-0.05, 0) is 11.6 Å². The summed E-state index contributed by atoms with van der Waals surface area (Å²) >= 11 is 5.48. The first-order valence-electron chi connectivity index (χ1n) is 3.24. The molecule has 1 heterocycles. The fraction of sp³-hybridized carbons (Fsp3) is 0.143. The minimum Gasteiger partial charge on any atom is -0.465 e. The molecule has 0 atom stereocenters. The van der Waals surface area contributed by atoms with E-state index < -0.39 is 11.8 Å². The molecule has 0 unspecified atom stereocenters. The van der Waals surface area contributed by atoms with Crippen molar-refractivity contribution in [3.63, 3.8) is 0 Å². The fourth-order valence-electron chi connectivity index (χ4n) is 0.785. The zero-order chi connectivity index (χ0) is 10.0. The van der Waals surface area contributed by atoms with Crippen LogP contribution in [0.15, 0.2) is 12.3 Å². The van der Waals surface area contributed by atoms with Crippen LogP contribution in [-0.2, 0) is 4.74 Å². The number of carbonyl (C=O) groups excluding carboxylic acids is 1. The van der Waals surface area contributed by atoms with Crippen LogP contribution in [0, 0.1) is 5.82 Å². The van der Waals surface area contributed by atoms with Crippen LogP contribution in [0.5, 0.6) is 0 Å². The summed E-state index contributed by atoms with van der Waals surface area (Å²) in [4.78, 5) is 10.9. The summed E-state index contributed by atoms with van der Waals surface area (Å²) in [7, 11) is 1.13. The van der Waals surface area contributed by atoms with Gasteiger partial charge in [0, 0.05) is 10.8 Å². The van der Waals surface area contributed by atoms with Gasteiger partial charge in [0.15, 0.2) is 11.4 Å². The number of hydrogen-bond donors (Lipinski definition) is 1. The lowest BCUT2D eigenvalue weighted by molar-refractivity contribution is -0.903. The molecule has 6 heteroatoms. The average Bonchev–Trinajstić information content (AvgIpc) is 2.10. The van der Waals surface area contributed by atoms with Crippen molar-refractivity contribution >= 4 is 17.6 Å². The van der Waals surface area contributed by atoms with Gasteiger partial charge in [0.1, 0.15) is 0 Å². The van der Waals surface area contributed by atoms with Crippen molar-refractivity contribution < 1.29 is 23.9 Å². The highest BCUT2D eigenvalue weighted by molar-refractivity contribution is 6.31. The third-order valence-corrected chi connectivity index (χ3v) is 1.73. The Morgan fingerprint density at radius 3 is 2.92 bits per heavy atom. The third kappa shape index (κ3) is 1.86. The van der Waals surface area contributed by atoms with Crippen molar-refractivity contribution in [3.05, 3.63) is 28.8 Å². The van der Waals surface area contributed by atoms with Crippen molar-refractivity contribution in [2.24, 2.45) is 0 Å². The second-order valence-electron chi connectivity index (χ2n) is 2.20. The van der Waals surface area contributed by atoms with E-state index in [9.17, 15) is 9.18 Å². The number of carbonyl (C=O) groups is 1. The van der Waals surface area contributed by atoms with Gasteiger partial charge in [-0.3, -0.25) is 5.21 Å². The fourth-order valence-corrected chi connectivity index (χ4v) is 0.965. The molecule has 1 aromatic heterocycles. The molecule has 4 nitrogen and oxygen atoms in total. The molecule has 70 valence electrons. The van der Waals surface area contributed by atoms with Crippen LogP contribution in [0.25, 0.3) is 0 Å². The first-order chi connectivity index (χ1) is 6.06. The maximum atomic E-state index is 12.7. The van der Waals surface area contributed by atoms with E-state index in [4.69, 9.17) is 16.8 Å². The number of ether oxygens (including phenoxy) is 1. The normalized spacial score (nSPS) is 9.77. The molecule has 1 N–H and O–H groups in total. The molecule has 0 saturated heterocycles. The summed E-state index contributed by atoms with van der Waals surface area (Å²) in [6.45, 7) is 0. The van der Waals surface area contributed by atoms with Gasteiger partial charge in [-0.2, -0.15) is 0 Å². The summed E-state index contributed by atoms with van der Waals surface area (Å²) in [6, 6.07) is 0.876. The lowest BCUT2D eigenvalue weighted by Gasteiger charge is -1.97. The number of aromatic nitrogens is 1. The molecule has 1 aromatic rings. The predicted molar refractivity (Wildman–Crippen MR) is 40.1 cm³/mol. The third-order valence-electron chi connectivity index (χ3n) is 1.36. The van der Waals surface area contributed by atoms with Crippen LogP contribution in [0.2, 0.25) is 5.15 Å². The number of methoxy groups -OCH3 is 1. The van der Waals surface area contributed by atoms with E-state index in [1.54, 1.807) is 0 Å². The van der Waals surface area contributed by atoms with Crippen molar-refractivity contribution in [1.29, 1.82) is 0 Å². The second kappa shape index (κ2) is 3.57. The quantitative estimate of drug-likeness (QED) is 0.320. The van der Waals surface area contributed by atoms with E-state index in [-0.39, 0.29) is 10.7 Å². The summed E-state index contributed by atoms with van der Waals surface area (Å²) < 4.78 is 17.3. The molecule has 0 spiro atoms. The number of esters is 1. The Labute approximate surface area is 78.1 Å². The van der Waals surface area contributed by atoms with Crippen LogP contribution in [0.3, 0.4) is 0 Å². The van der Waals surface area contributed by atoms with E-state index in [0.29, 0.717) is 4.73 Å². The smallest absolute Gasteiger partial charge is 0.346 e. The van der Waals surface area contributed by atoms with Crippen LogP contribution in [0.1, 0.15) is 10.4 Å². The van der Waals surface area contributed by atoms with Gasteiger partial charge >= 0.3 is 11.1 Å². The van der Waals surface area contributed by atoms with Crippen molar-refractivity contribution in [3.8, 4) is 0 Å². The van der Waals surface area contributed by atoms with Gasteiger partial charge in [0.2, 0.25) is 0 Å². The van der Waals surface area contributed by atoms with Crippen LogP contribution in [0.4, 0.5) is 4.39 Å². The molecular formula is C7H6ClFNO3+. The van der Waals surface area contributed by atoms with E-state index in [0.717, 1.165) is 19.4 Å². The molecule has 0 fully saturated rings. The molecule has 0 saturated carbocycles. The largest absolute Gasteiger partial charge is 0.465 e. The molecule has 0 amide bonds. The molecule has 1 rings (SSSR count). The van der Waals surface area contributed by atoms with Gasteiger partial charge in [-0.25, -0.2) is 9.18 Å². The molecule has 0 aliphatic carbocycles. The predicted octanol–water partition coefficient (Wildman–Crippen LogP) is 0.790. The molecule has 13 heavy (non-hydrogen) atoms. The summed E-state index contributed by atoms with van der Waals surface area (Å²) in [6.07, 6.45) is 0.731. The Bertz CT molecular complexity index is 356. The van der Waals surface area contributed by atoms with E-state index in [1.165, 1.54) is 0 Å². The number of hydrogen-bond acceptors (Lipinski definition) is 3. The zero-order valence-corrected chi connectivity index (χ0v) is 7.38. The molecule has 0 radical (unpaired) electrons. The van der Waals surface area contributed by atoms with Crippen LogP contribution in [-0.4, -0.2) is 18.3 Å². The van der Waals surface area contributed by atoms with E-state index in [1.807, 2.05) is 0 Å². The van der Waals surface area contributed by atoms with Gasteiger partial charge in [-0.15, -0.1) is 0 Å². The average molecular weight is 207 g/mol. The van der Waals surface area contributed by atoms with Crippen molar-refractivity contribution in [1.82, 2.24) is 0 Å². The lowest BCUT2D eigenvalue weighted by atomic mass is 10.3. The Hall–Kier alpha value is -1.36. The lowest BCUT2D eigenvalue weighted by Crippen LogP contribution is -2.33. The number of rotatable bonds is 1. The number of nitrogens with zero attached hydrogens (tertiary/aromatic N) is 1. The Balaban J connectivity index is 3.28. The van der Waals surface area contributed by atoms with Gasteiger partial charge in [-0.1, -0.05) is 0 Å². The summed E-state index contributed by atoms with van der Waals surface area (Å²) in [5, 5.41) is 8.66. The molecular weight excluding hydrogens is 201 g/mol. The molecule has 0 bridgehead atoms. The highest BCUT2D eigenvalue weighted by Crippen LogP contribution is 2.12. The van der Waals surface area contributed by atoms with Crippen molar-refractivity contribution in [2.45, 2.75) is 0 Å². The minimum atomic E-state index is -0.813. The molecule has 0 aliphatic heterocycles. The number of pyridine rings is 1. The standard InChI is InChI=1S/C7H6ClFNO3/c1-13-7(11)5-2-4(9)3-10(12)6(5)8/h2-3,12H,1H3/q+1. The SMILES string of the molecule is COC(=O)c1cc(F)c[n+](O)c1Cl. The molecule has 0 aliphatic rings. The summed E-state index contributed by atoms with van der Waals surface area (Å²) in [5.74, 6) is -1.60. The molecule has 0 aromatic carbocycles. The highest BCUT2D eigenvalue weighted by Gasteiger charge is 2.22. The van der Waals surface area contributed by atoms with Crippen LogP contribution < -0.4 is 4.73 Å². The van der Waals surface area contributed by atoms with E-state index >= 15 is 0 Å². The minimum absolute atomic E-state index is 0.230. The van der Waals surface area contributed by atoms with Gasteiger partial charge < -0.3 is 4.74 Å². The maximum Gasteiger partial charge on any atom is 0.346 e. The first kappa shape index (κ1) is 9.73. The topological polar surface area (TPSA) is 50.4 Å². The van der Waals surface area contributed by atoms with Gasteiger partial charge in [0.25, 0.3) is 6.20 Å². The number of halogens is 2. The Morgan fingerprint density at radius 1 is 1.77 bits per heavy atom. The monoisotopic (exact) mass is 206 g/mol. The Morgan fingerprint density at radius 2 is 2.38 bits per heavy atom.